The molecule has 4 rings (SSSR count). The summed E-state index contributed by atoms with van der Waals surface area (Å²) in [6.07, 6.45) is 0.837. The lowest BCUT2D eigenvalue weighted by molar-refractivity contribution is -0.118. The van der Waals surface area contributed by atoms with Gasteiger partial charge in [-0.1, -0.05) is 72.8 Å². The van der Waals surface area contributed by atoms with Gasteiger partial charge in [0.1, 0.15) is 11.6 Å². The van der Waals surface area contributed by atoms with Crippen molar-refractivity contribution in [3.05, 3.63) is 108 Å². The van der Waals surface area contributed by atoms with Crippen molar-refractivity contribution in [3.8, 4) is 11.4 Å². The molecule has 8 heteroatoms. The Morgan fingerprint density at radius 2 is 0.972 bits per heavy atom. The molecule has 0 saturated carbocycles. The highest BCUT2D eigenvalue weighted by molar-refractivity contribution is 5.95. The summed E-state index contributed by atoms with van der Waals surface area (Å²) >= 11 is 0. The number of rotatable bonds is 9. The van der Waals surface area contributed by atoms with Gasteiger partial charge in [0.2, 0.25) is 11.8 Å². The summed E-state index contributed by atoms with van der Waals surface area (Å²) in [5.74, 6) is 0.0685. The Kier molecular flexibility index (Phi) is 8.12. The monoisotopic (exact) mass is 480 g/mol. The van der Waals surface area contributed by atoms with Crippen LogP contribution in [0.5, 0.6) is 0 Å². The summed E-state index contributed by atoms with van der Waals surface area (Å²) < 4.78 is 0. The van der Waals surface area contributed by atoms with E-state index in [-0.39, 0.29) is 11.8 Å². The second kappa shape index (κ2) is 11.8. The Hall–Kier alpha value is -4.40. The van der Waals surface area contributed by atoms with Gasteiger partial charge in [-0.15, -0.1) is 0 Å². The van der Waals surface area contributed by atoms with E-state index in [0.29, 0.717) is 35.9 Å². The summed E-state index contributed by atoms with van der Waals surface area (Å²) in [6.45, 7) is 0. The molecule has 2 heterocycles. The van der Waals surface area contributed by atoms with Gasteiger partial charge in [0.15, 0.2) is 0 Å². The molecule has 2 aromatic heterocycles. The third-order valence-electron chi connectivity index (χ3n) is 5.53. The van der Waals surface area contributed by atoms with Crippen molar-refractivity contribution in [2.24, 2.45) is 11.5 Å². The van der Waals surface area contributed by atoms with Gasteiger partial charge < -0.3 is 22.1 Å². The second-order valence-corrected chi connectivity index (χ2v) is 8.39. The van der Waals surface area contributed by atoms with E-state index in [9.17, 15) is 9.59 Å². The minimum Gasteiger partial charge on any atom is -0.320 e. The van der Waals surface area contributed by atoms with Crippen molar-refractivity contribution in [3.63, 3.8) is 0 Å². The minimum absolute atomic E-state index is 0.329. The Labute approximate surface area is 209 Å². The van der Waals surface area contributed by atoms with Crippen LogP contribution in [0.3, 0.4) is 0 Å². The molecular formula is C28H28N6O2. The standard InChI is InChI=1S/C28H28N6O2/c29-21(17-19-9-3-1-4-10-19)27(35)33-25-15-7-13-23(31-25)24-14-8-16-26(32-24)34-28(36)22(30)18-20-11-5-2-6-12-20/h1-16,21-22H,17-18,29-30H2,(H,31,33,35)(H,32,34,36). The first-order chi connectivity index (χ1) is 17.5. The van der Waals surface area contributed by atoms with E-state index in [1.54, 1.807) is 36.4 Å². The third kappa shape index (κ3) is 6.82. The Balaban J connectivity index is 1.40. The van der Waals surface area contributed by atoms with Crippen LogP contribution in [0.15, 0.2) is 97.1 Å². The van der Waals surface area contributed by atoms with E-state index in [4.69, 9.17) is 11.5 Å². The van der Waals surface area contributed by atoms with E-state index in [1.807, 2.05) is 60.7 Å². The Bertz CT molecular complexity index is 1210. The van der Waals surface area contributed by atoms with Crippen LogP contribution in [0.4, 0.5) is 11.6 Å². The maximum Gasteiger partial charge on any atom is 0.242 e. The fraction of sp³-hybridized carbons (Fsp3) is 0.143. The highest BCUT2D eigenvalue weighted by atomic mass is 16.2. The minimum atomic E-state index is -0.713. The Morgan fingerprint density at radius 3 is 1.36 bits per heavy atom. The van der Waals surface area contributed by atoms with E-state index < -0.39 is 12.1 Å². The lowest BCUT2D eigenvalue weighted by Crippen LogP contribution is -2.37. The molecule has 0 spiro atoms. The van der Waals surface area contributed by atoms with Crippen molar-refractivity contribution in [2.75, 3.05) is 10.6 Å². The molecule has 2 amide bonds. The average molecular weight is 481 g/mol. The van der Waals surface area contributed by atoms with E-state index >= 15 is 0 Å². The molecule has 36 heavy (non-hydrogen) atoms. The molecule has 6 N–H and O–H groups in total. The molecular weight excluding hydrogens is 452 g/mol. The summed E-state index contributed by atoms with van der Waals surface area (Å²) in [4.78, 5) is 34.2. The number of nitrogens with two attached hydrogens (primary N) is 2. The lowest BCUT2D eigenvalue weighted by Gasteiger charge is -2.13. The van der Waals surface area contributed by atoms with Crippen LogP contribution in [0.1, 0.15) is 11.1 Å². The number of pyridine rings is 2. The number of benzene rings is 2. The molecule has 2 atom stereocenters. The highest BCUT2D eigenvalue weighted by Crippen LogP contribution is 2.19. The molecule has 2 aromatic carbocycles. The topological polar surface area (TPSA) is 136 Å². The summed E-state index contributed by atoms with van der Waals surface area (Å²) in [6, 6.07) is 28.2. The van der Waals surface area contributed by atoms with Crippen LogP contribution >= 0.6 is 0 Å². The molecule has 8 nitrogen and oxygen atoms in total. The van der Waals surface area contributed by atoms with Crippen LogP contribution in [0, 0.1) is 0 Å². The third-order valence-corrected chi connectivity index (χ3v) is 5.53. The number of anilines is 2. The Morgan fingerprint density at radius 1 is 0.583 bits per heavy atom. The normalized spacial score (nSPS) is 12.4. The predicted octanol–water partition coefficient (Wildman–Crippen LogP) is 3.16. The molecule has 0 saturated heterocycles. The smallest absolute Gasteiger partial charge is 0.242 e. The van der Waals surface area contributed by atoms with Gasteiger partial charge in [-0.05, 0) is 48.2 Å². The van der Waals surface area contributed by atoms with Crippen LogP contribution < -0.4 is 22.1 Å². The molecule has 0 fully saturated rings. The summed E-state index contributed by atoms with van der Waals surface area (Å²) in [5.41, 5.74) is 15.2. The first-order valence-electron chi connectivity index (χ1n) is 11.6. The number of nitrogens with zero attached hydrogens (tertiary/aromatic N) is 2. The number of amides is 2. The molecule has 0 aliphatic heterocycles. The van der Waals surface area contributed by atoms with Crippen LogP contribution in [0.25, 0.3) is 11.4 Å². The number of carbonyl (C=O) groups is 2. The molecule has 0 radical (unpaired) electrons. The number of aromatic nitrogens is 2. The largest absolute Gasteiger partial charge is 0.320 e. The number of hydrogen-bond donors (Lipinski definition) is 4. The predicted molar refractivity (Wildman–Crippen MR) is 141 cm³/mol. The fourth-order valence-electron chi connectivity index (χ4n) is 3.65. The van der Waals surface area contributed by atoms with Crippen molar-refractivity contribution >= 4 is 23.5 Å². The van der Waals surface area contributed by atoms with Crippen LogP contribution in [-0.2, 0) is 22.4 Å². The van der Waals surface area contributed by atoms with E-state index in [2.05, 4.69) is 20.6 Å². The first-order valence-corrected chi connectivity index (χ1v) is 11.6. The van der Waals surface area contributed by atoms with Gasteiger partial charge in [0.05, 0.1) is 23.5 Å². The zero-order valence-corrected chi connectivity index (χ0v) is 19.7. The SMILES string of the molecule is NC(Cc1ccccc1)C(=O)Nc1cccc(-c2cccc(NC(=O)C(N)Cc3ccccc3)n2)n1. The molecule has 0 aliphatic carbocycles. The van der Waals surface area contributed by atoms with E-state index in [0.717, 1.165) is 11.1 Å². The number of hydrogen-bond acceptors (Lipinski definition) is 6. The maximum atomic E-state index is 12.6. The van der Waals surface area contributed by atoms with Crippen molar-refractivity contribution < 1.29 is 9.59 Å². The zero-order valence-electron chi connectivity index (χ0n) is 19.7. The fourth-order valence-corrected chi connectivity index (χ4v) is 3.65. The van der Waals surface area contributed by atoms with Crippen molar-refractivity contribution in [2.45, 2.75) is 24.9 Å². The average Bonchev–Trinajstić information content (AvgIpc) is 2.90. The number of carbonyl (C=O) groups excluding carboxylic acids is 2. The van der Waals surface area contributed by atoms with Crippen LogP contribution in [-0.4, -0.2) is 33.9 Å². The molecule has 182 valence electrons. The van der Waals surface area contributed by atoms with Crippen molar-refractivity contribution in [1.82, 2.24) is 9.97 Å². The van der Waals surface area contributed by atoms with Gasteiger partial charge in [-0.2, -0.15) is 0 Å². The molecule has 0 aliphatic rings. The van der Waals surface area contributed by atoms with Gasteiger partial charge in [0.25, 0.3) is 0 Å². The van der Waals surface area contributed by atoms with Gasteiger partial charge in [0, 0.05) is 0 Å². The summed E-state index contributed by atoms with van der Waals surface area (Å²) in [7, 11) is 0. The second-order valence-electron chi connectivity index (χ2n) is 8.39. The molecule has 4 aromatic rings. The van der Waals surface area contributed by atoms with Crippen molar-refractivity contribution in [1.29, 1.82) is 0 Å². The summed E-state index contributed by atoms with van der Waals surface area (Å²) in [5, 5.41) is 5.54. The zero-order chi connectivity index (χ0) is 25.3. The lowest BCUT2D eigenvalue weighted by atomic mass is 10.1. The van der Waals surface area contributed by atoms with Crippen LogP contribution in [0.2, 0.25) is 0 Å². The quantitative estimate of drug-likeness (QED) is 0.291. The first kappa shape index (κ1) is 24.7. The van der Waals surface area contributed by atoms with Gasteiger partial charge in [-0.25, -0.2) is 9.97 Å². The maximum absolute atomic E-state index is 12.6. The number of nitrogens with one attached hydrogen (secondary N) is 2. The van der Waals surface area contributed by atoms with Gasteiger partial charge >= 0.3 is 0 Å². The molecule has 2 unspecified atom stereocenters. The van der Waals surface area contributed by atoms with Gasteiger partial charge in [-0.3, -0.25) is 9.59 Å². The molecule has 0 bridgehead atoms. The van der Waals surface area contributed by atoms with E-state index in [1.165, 1.54) is 0 Å². The highest BCUT2D eigenvalue weighted by Gasteiger charge is 2.17.